The summed E-state index contributed by atoms with van der Waals surface area (Å²) in [5, 5.41) is 0. The van der Waals surface area contributed by atoms with E-state index in [0.717, 1.165) is 0 Å². The van der Waals surface area contributed by atoms with E-state index in [9.17, 15) is 0 Å². The van der Waals surface area contributed by atoms with Crippen LogP contribution in [0.3, 0.4) is 0 Å². The Morgan fingerprint density at radius 2 is 0.400 bits per heavy atom. The van der Waals surface area contributed by atoms with Crippen LogP contribution in [0.5, 0.6) is 0 Å². The summed E-state index contributed by atoms with van der Waals surface area (Å²) in [4.78, 5) is 0. The summed E-state index contributed by atoms with van der Waals surface area (Å²) in [6, 6.07) is 0. The van der Waals surface area contributed by atoms with Crippen LogP contribution in [0.1, 0.15) is 0 Å². The van der Waals surface area contributed by atoms with E-state index >= 15 is 0 Å². The fourth-order valence-corrected chi connectivity index (χ4v) is 0. The van der Waals surface area contributed by atoms with Gasteiger partial charge in [-0.1, -0.05) is 0 Å². The van der Waals surface area contributed by atoms with E-state index in [1.807, 2.05) is 0 Å². The molecular weight excluding hydrogens is 249 g/mol. The number of rotatable bonds is 0. The van der Waals surface area contributed by atoms with E-state index < -0.39 is 0 Å². The smallest absolute Gasteiger partial charge is 0 e. The zero-order chi connectivity index (χ0) is 0. The molecule has 15 valence electrons. The Balaban J connectivity index is 0. The van der Waals surface area contributed by atoms with E-state index in [1.54, 1.807) is 0 Å². The van der Waals surface area contributed by atoms with E-state index in [2.05, 4.69) is 0 Å². The average Bonchev–Trinajstić information content (AvgIpc) is 0. The molecule has 9 radical (unpaired) electrons. The molecule has 0 rings (SSSR count). The minimum absolute atomic E-state index is 0. The monoisotopic (exact) mass is 249 g/mol. The second-order valence-corrected chi connectivity index (χ2v) is 0. The molecule has 0 aromatic rings. The maximum absolute atomic E-state index is 0. The van der Waals surface area contributed by atoms with Crippen molar-refractivity contribution in [2.45, 2.75) is 0 Å². The van der Waals surface area contributed by atoms with Gasteiger partial charge in [-0.3, -0.25) is 0 Å². The fraction of sp³-hybridized carbons (Fsp3) is 0. The van der Waals surface area contributed by atoms with Gasteiger partial charge in [0.1, 0.15) is 0 Å². The summed E-state index contributed by atoms with van der Waals surface area (Å²) < 4.78 is 0. The maximum Gasteiger partial charge on any atom is 0 e. The standard InChI is InChI=1S/Eu.4Mg. The molecule has 0 aliphatic heterocycles. The molecule has 0 amide bonds. The second kappa shape index (κ2) is 23.4. The van der Waals surface area contributed by atoms with Gasteiger partial charge in [0.05, 0.1) is 0 Å². The van der Waals surface area contributed by atoms with Gasteiger partial charge in [-0.25, -0.2) is 0 Å². The quantitative estimate of drug-likeness (QED) is 0.457. The summed E-state index contributed by atoms with van der Waals surface area (Å²) in [6.45, 7) is 0. The molecule has 0 aliphatic rings. The van der Waals surface area contributed by atoms with E-state index in [0.29, 0.717) is 0 Å². The molecular formula is EuMg4. The second-order valence-electron chi connectivity index (χ2n) is 0. The van der Waals surface area contributed by atoms with Crippen molar-refractivity contribution >= 4 is 92.2 Å². The van der Waals surface area contributed by atoms with E-state index in [4.69, 9.17) is 0 Å². The van der Waals surface area contributed by atoms with Crippen LogP contribution in [-0.2, 0) is 0 Å². The van der Waals surface area contributed by atoms with Gasteiger partial charge in [0.2, 0.25) is 0 Å². The molecule has 0 saturated heterocycles. The zero-order valence-electron chi connectivity index (χ0n) is 3.21. The maximum atomic E-state index is 0. The van der Waals surface area contributed by atoms with Gasteiger partial charge < -0.3 is 0 Å². The zero-order valence-corrected chi connectivity index (χ0v) is 11.3. The first-order chi connectivity index (χ1) is 0. The summed E-state index contributed by atoms with van der Waals surface area (Å²) in [6.07, 6.45) is 0. The van der Waals surface area contributed by atoms with E-state index in [-0.39, 0.29) is 142 Å². The van der Waals surface area contributed by atoms with Crippen molar-refractivity contribution < 1.29 is 49.4 Å². The minimum atomic E-state index is 0. The van der Waals surface area contributed by atoms with Gasteiger partial charge in [0.15, 0.2) is 0 Å². The van der Waals surface area contributed by atoms with Crippen LogP contribution in [0.4, 0.5) is 0 Å². The van der Waals surface area contributed by atoms with Crippen molar-refractivity contribution in [1.29, 1.82) is 0 Å². The van der Waals surface area contributed by atoms with Crippen LogP contribution in [0.25, 0.3) is 0 Å². The van der Waals surface area contributed by atoms with Crippen molar-refractivity contribution in [2.24, 2.45) is 0 Å². The normalized spacial score (nSPS) is 0. The molecule has 0 bridgehead atoms. The molecule has 0 saturated carbocycles. The Hall–Kier alpha value is 4.65. The summed E-state index contributed by atoms with van der Waals surface area (Å²) >= 11 is 0. The Labute approximate surface area is 137 Å². The van der Waals surface area contributed by atoms with Crippen LogP contribution in [-0.4, -0.2) is 92.2 Å². The summed E-state index contributed by atoms with van der Waals surface area (Å²) in [7, 11) is 0. The van der Waals surface area contributed by atoms with Crippen LogP contribution >= 0.6 is 0 Å². The van der Waals surface area contributed by atoms with Crippen LogP contribution < -0.4 is 0 Å². The first-order valence-electron chi connectivity index (χ1n) is 0. The predicted molar refractivity (Wildman–Crippen MR) is 23.0 cm³/mol. The van der Waals surface area contributed by atoms with Gasteiger partial charge in [-0.05, 0) is 0 Å². The van der Waals surface area contributed by atoms with Crippen molar-refractivity contribution in [2.75, 3.05) is 0 Å². The molecule has 5 heteroatoms. The van der Waals surface area contributed by atoms with Gasteiger partial charge in [-0.15, -0.1) is 0 Å². The summed E-state index contributed by atoms with van der Waals surface area (Å²) in [5.41, 5.74) is 0. The topological polar surface area (TPSA) is 0 Å². The molecule has 0 N–H and O–H groups in total. The van der Waals surface area contributed by atoms with Crippen LogP contribution in [0.15, 0.2) is 0 Å². The van der Waals surface area contributed by atoms with Crippen molar-refractivity contribution in [3.05, 3.63) is 0 Å². The fourth-order valence-electron chi connectivity index (χ4n) is 0. The van der Waals surface area contributed by atoms with Gasteiger partial charge in [-0.2, -0.15) is 0 Å². The first kappa shape index (κ1) is 33.4. The minimum Gasteiger partial charge on any atom is 0 e. The van der Waals surface area contributed by atoms with Crippen LogP contribution in [0, 0.1) is 49.4 Å². The Kier molecular flexibility index (Phi) is 156. The molecule has 0 unspecified atom stereocenters. The van der Waals surface area contributed by atoms with Gasteiger partial charge in [0.25, 0.3) is 0 Å². The summed E-state index contributed by atoms with van der Waals surface area (Å²) in [5.74, 6) is 0. The van der Waals surface area contributed by atoms with Crippen molar-refractivity contribution in [3.8, 4) is 0 Å². The molecule has 0 aliphatic carbocycles. The molecule has 0 heterocycles. The van der Waals surface area contributed by atoms with Crippen molar-refractivity contribution in [1.82, 2.24) is 0 Å². The number of hydrogen-bond acceptors (Lipinski definition) is 0. The number of hydrogen-bond donors (Lipinski definition) is 0. The van der Waals surface area contributed by atoms with Gasteiger partial charge in [0, 0.05) is 142 Å². The predicted octanol–water partition coefficient (Wildman–Crippen LogP) is -1.52. The third-order valence-corrected chi connectivity index (χ3v) is 0. The largest absolute Gasteiger partial charge is 0 e. The molecule has 5 heavy (non-hydrogen) atoms. The molecule has 0 atom stereocenters. The van der Waals surface area contributed by atoms with Crippen molar-refractivity contribution in [3.63, 3.8) is 0 Å². The molecule has 0 spiro atoms. The first-order valence-corrected chi connectivity index (χ1v) is 0. The van der Waals surface area contributed by atoms with E-state index in [1.165, 1.54) is 0 Å². The molecule has 0 nitrogen and oxygen atoms in total. The molecule has 0 aromatic heterocycles. The average molecular weight is 249 g/mol. The Bertz CT molecular complexity index is 3.61. The molecule has 0 fully saturated rings. The van der Waals surface area contributed by atoms with Crippen LogP contribution in [0.2, 0.25) is 0 Å². The third-order valence-electron chi connectivity index (χ3n) is 0. The SMILES string of the molecule is [Eu].[Mg].[Mg].[Mg].[Mg]. The third kappa shape index (κ3) is 17.7. The molecule has 0 aromatic carbocycles. The Morgan fingerprint density at radius 1 is 0.400 bits per heavy atom. The van der Waals surface area contributed by atoms with Gasteiger partial charge >= 0.3 is 0 Å². The Morgan fingerprint density at radius 3 is 0.400 bits per heavy atom.